The lowest BCUT2D eigenvalue weighted by atomic mass is 10.2. The van der Waals surface area contributed by atoms with E-state index in [1.54, 1.807) is 22.5 Å². The Balaban J connectivity index is 1.53. The van der Waals surface area contributed by atoms with Crippen molar-refractivity contribution >= 4 is 12.0 Å². The molecule has 0 aliphatic carbocycles. The van der Waals surface area contributed by atoms with Crippen molar-refractivity contribution in [1.29, 1.82) is 0 Å². The topological polar surface area (TPSA) is 103 Å². The Kier molecular flexibility index (Phi) is 7.83. The molecule has 2 aromatic carbocycles. The molecule has 1 N–H and O–H groups in total. The maximum atomic E-state index is 14.5. The third kappa shape index (κ3) is 6.20. The van der Waals surface area contributed by atoms with E-state index in [9.17, 15) is 13.6 Å². The molecule has 0 saturated heterocycles. The van der Waals surface area contributed by atoms with Gasteiger partial charge in [-0.25, -0.2) is 13.6 Å². The van der Waals surface area contributed by atoms with Crippen molar-refractivity contribution in [3.63, 3.8) is 0 Å². The summed E-state index contributed by atoms with van der Waals surface area (Å²) in [5.41, 5.74) is 1.82. The third-order valence-electron chi connectivity index (χ3n) is 5.42. The van der Waals surface area contributed by atoms with E-state index in [0.717, 1.165) is 11.6 Å². The minimum absolute atomic E-state index is 0.00780. The first-order valence-corrected chi connectivity index (χ1v) is 11.3. The second-order valence-corrected chi connectivity index (χ2v) is 8.05. The SMILES string of the molecule is CCN(Cc1cn(C)nn1)c1nnc(CNC(=O)OCc2ccccc2)n1Cc1ccc(F)cc1F. The molecular formula is C24H26F2N8O2. The Bertz CT molecular complexity index is 1310. The number of hydrogen-bond acceptors (Lipinski definition) is 7. The molecule has 2 aromatic heterocycles. The quantitative estimate of drug-likeness (QED) is 0.360. The molecule has 0 fully saturated rings. The van der Waals surface area contributed by atoms with E-state index in [4.69, 9.17) is 4.74 Å². The van der Waals surface area contributed by atoms with Crippen LogP contribution in [0.3, 0.4) is 0 Å². The monoisotopic (exact) mass is 496 g/mol. The summed E-state index contributed by atoms with van der Waals surface area (Å²) in [6.45, 7) is 3.02. The lowest BCUT2D eigenvalue weighted by molar-refractivity contribution is 0.138. The average molecular weight is 497 g/mol. The van der Waals surface area contributed by atoms with Crippen LogP contribution in [0.15, 0.2) is 54.7 Å². The molecule has 0 aliphatic heterocycles. The first-order chi connectivity index (χ1) is 17.4. The maximum absolute atomic E-state index is 14.5. The highest BCUT2D eigenvalue weighted by atomic mass is 19.1. The molecule has 0 atom stereocenters. The van der Waals surface area contributed by atoms with E-state index in [2.05, 4.69) is 25.8 Å². The molecule has 4 aromatic rings. The van der Waals surface area contributed by atoms with Gasteiger partial charge in [0.05, 0.1) is 19.6 Å². The summed E-state index contributed by atoms with van der Waals surface area (Å²) in [7, 11) is 1.77. The lowest BCUT2D eigenvalue weighted by Crippen LogP contribution is -2.28. The molecule has 0 spiro atoms. The van der Waals surface area contributed by atoms with Crippen LogP contribution in [0, 0.1) is 11.6 Å². The van der Waals surface area contributed by atoms with Crippen molar-refractivity contribution in [3.05, 3.63) is 89.0 Å². The van der Waals surface area contributed by atoms with E-state index in [-0.39, 0.29) is 25.3 Å². The van der Waals surface area contributed by atoms with Gasteiger partial charge in [-0.1, -0.05) is 41.6 Å². The summed E-state index contributed by atoms with van der Waals surface area (Å²) in [6, 6.07) is 12.7. The summed E-state index contributed by atoms with van der Waals surface area (Å²) in [5, 5.41) is 19.3. The Morgan fingerprint density at radius 3 is 2.61 bits per heavy atom. The van der Waals surface area contributed by atoms with Gasteiger partial charge in [0.2, 0.25) is 5.95 Å². The molecule has 1 amide bonds. The van der Waals surface area contributed by atoms with E-state index in [0.29, 0.717) is 30.6 Å². The largest absolute Gasteiger partial charge is 0.445 e. The van der Waals surface area contributed by atoms with Crippen molar-refractivity contribution < 1.29 is 18.3 Å². The minimum Gasteiger partial charge on any atom is -0.445 e. The zero-order valence-electron chi connectivity index (χ0n) is 19.9. The Morgan fingerprint density at radius 1 is 1.11 bits per heavy atom. The molecule has 0 bridgehead atoms. The standard InChI is InChI=1S/C24H26F2N8O2/c1-3-33(15-20-14-32(2)31-28-20)23-30-29-22(34(23)13-18-9-10-19(25)11-21(18)26)12-27-24(35)36-16-17-7-5-4-6-8-17/h4-11,14H,3,12-13,15-16H2,1-2H3,(H,27,35). The van der Waals surface area contributed by atoms with E-state index in [1.807, 2.05) is 42.2 Å². The van der Waals surface area contributed by atoms with Gasteiger partial charge in [-0.15, -0.1) is 15.3 Å². The summed E-state index contributed by atoms with van der Waals surface area (Å²) >= 11 is 0. The minimum atomic E-state index is -0.687. The number of ether oxygens (including phenoxy) is 1. The van der Waals surface area contributed by atoms with Crippen LogP contribution in [0.4, 0.5) is 19.5 Å². The highest BCUT2D eigenvalue weighted by molar-refractivity contribution is 5.67. The van der Waals surface area contributed by atoms with E-state index >= 15 is 0 Å². The summed E-state index contributed by atoms with van der Waals surface area (Å²) < 4.78 is 36.5. The van der Waals surface area contributed by atoms with Crippen LogP contribution in [-0.2, 0) is 38.0 Å². The smallest absolute Gasteiger partial charge is 0.407 e. The molecular weight excluding hydrogens is 470 g/mol. The molecule has 188 valence electrons. The number of nitrogens with zero attached hydrogens (tertiary/aromatic N) is 7. The van der Waals surface area contributed by atoms with Crippen molar-refractivity contribution in [2.45, 2.75) is 33.2 Å². The fourth-order valence-corrected chi connectivity index (χ4v) is 3.59. The van der Waals surface area contributed by atoms with Gasteiger partial charge >= 0.3 is 6.09 Å². The third-order valence-corrected chi connectivity index (χ3v) is 5.42. The number of rotatable bonds is 10. The molecule has 0 unspecified atom stereocenters. The summed E-state index contributed by atoms with van der Waals surface area (Å²) in [6.07, 6.45) is 1.16. The second-order valence-electron chi connectivity index (χ2n) is 8.05. The Hall–Kier alpha value is -4.35. The number of carbonyl (C=O) groups is 1. The molecule has 0 saturated carbocycles. The molecule has 0 radical (unpaired) electrons. The second kappa shape index (κ2) is 11.4. The number of alkyl carbamates (subject to hydrolysis) is 1. The number of nitrogens with one attached hydrogen (secondary N) is 1. The van der Waals surface area contributed by atoms with Crippen molar-refractivity contribution in [1.82, 2.24) is 35.1 Å². The van der Waals surface area contributed by atoms with Crippen LogP contribution in [0.25, 0.3) is 0 Å². The normalized spacial score (nSPS) is 10.9. The van der Waals surface area contributed by atoms with Crippen LogP contribution in [-0.4, -0.2) is 42.4 Å². The number of aryl methyl sites for hydroxylation is 1. The van der Waals surface area contributed by atoms with Gasteiger partial charge in [0, 0.05) is 31.4 Å². The van der Waals surface area contributed by atoms with Gasteiger partial charge in [0.25, 0.3) is 0 Å². The average Bonchev–Trinajstić information content (AvgIpc) is 3.47. The number of hydrogen-bond donors (Lipinski definition) is 1. The zero-order valence-corrected chi connectivity index (χ0v) is 19.9. The fraction of sp³-hybridized carbons (Fsp3) is 0.292. The molecule has 4 rings (SSSR count). The first-order valence-electron chi connectivity index (χ1n) is 11.3. The maximum Gasteiger partial charge on any atom is 0.407 e. The van der Waals surface area contributed by atoms with Crippen molar-refractivity contribution in [2.24, 2.45) is 7.05 Å². The lowest BCUT2D eigenvalue weighted by Gasteiger charge is -2.22. The number of aromatic nitrogens is 6. The molecule has 0 aliphatic rings. The van der Waals surface area contributed by atoms with Crippen LogP contribution in [0.1, 0.15) is 29.6 Å². The molecule has 12 heteroatoms. The van der Waals surface area contributed by atoms with E-state index < -0.39 is 17.7 Å². The number of anilines is 1. The molecule has 36 heavy (non-hydrogen) atoms. The Labute approximate surface area is 206 Å². The van der Waals surface area contributed by atoms with Gasteiger partial charge in [-0.2, -0.15) is 0 Å². The van der Waals surface area contributed by atoms with Crippen LogP contribution in [0.2, 0.25) is 0 Å². The van der Waals surface area contributed by atoms with Gasteiger partial charge in [0.1, 0.15) is 23.9 Å². The van der Waals surface area contributed by atoms with Crippen molar-refractivity contribution in [2.75, 3.05) is 11.4 Å². The van der Waals surface area contributed by atoms with Gasteiger partial charge in [-0.05, 0) is 18.6 Å². The van der Waals surface area contributed by atoms with Gasteiger partial charge < -0.3 is 15.0 Å². The van der Waals surface area contributed by atoms with Crippen LogP contribution >= 0.6 is 0 Å². The molecule has 2 heterocycles. The van der Waals surface area contributed by atoms with Gasteiger partial charge in [0.15, 0.2) is 5.82 Å². The predicted molar refractivity (Wildman–Crippen MR) is 127 cm³/mol. The zero-order chi connectivity index (χ0) is 25.5. The first kappa shape index (κ1) is 24.8. The predicted octanol–water partition coefficient (Wildman–Crippen LogP) is 3.19. The number of benzene rings is 2. The summed E-state index contributed by atoms with van der Waals surface area (Å²) in [5.74, 6) is -0.529. The van der Waals surface area contributed by atoms with Crippen LogP contribution < -0.4 is 10.2 Å². The number of carbonyl (C=O) groups excluding carboxylic acids is 1. The van der Waals surface area contributed by atoms with Gasteiger partial charge in [-0.3, -0.25) is 9.25 Å². The Morgan fingerprint density at radius 2 is 1.92 bits per heavy atom. The summed E-state index contributed by atoms with van der Waals surface area (Å²) in [4.78, 5) is 14.2. The van der Waals surface area contributed by atoms with Crippen LogP contribution in [0.5, 0.6) is 0 Å². The molecule has 10 nitrogen and oxygen atoms in total. The van der Waals surface area contributed by atoms with E-state index in [1.165, 1.54) is 12.1 Å². The highest BCUT2D eigenvalue weighted by Gasteiger charge is 2.20. The van der Waals surface area contributed by atoms with Crippen molar-refractivity contribution in [3.8, 4) is 0 Å². The number of halogens is 2. The number of amides is 1. The highest BCUT2D eigenvalue weighted by Crippen LogP contribution is 2.20. The fourth-order valence-electron chi connectivity index (χ4n) is 3.59.